The number of hydrogen-bond donors (Lipinski definition) is 0. The van der Waals surface area contributed by atoms with Crippen molar-refractivity contribution >= 4 is 29.1 Å². The van der Waals surface area contributed by atoms with Crippen LogP contribution in [0.5, 0.6) is 0 Å². The lowest BCUT2D eigenvalue weighted by Gasteiger charge is -2.31. The first-order valence-electron chi connectivity index (χ1n) is 5.03. The quantitative estimate of drug-likeness (QED) is 0.690. The molecule has 0 aliphatic rings. The average Bonchev–Trinajstić information content (AvgIpc) is 2.15. The highest BCUT2D eigenvalue weighted by Crippen LogP contribution is 2.19. The summed E-state index contributed by atoms with van der Waals surface area (Å²) in [5, 5.41) is 0. The van der Waals surface area contributed by atoms with Crippen molar-refractivity contribution in [3.63, 3.8) is 0 Å². The third kappa shape index (κ3) is 5.61. The van der Waals surface area contributed by atoms with Gasteiger partial charge in [-0.25, -0.2) is 0 Å². The third-order valence-electron chi connectivity index (χ3n) is 1.84. The van der Waals surface area contributed by atoms with Gasteiger partial charge in [0, 0.05) is 13.8 Å². The molecule has 2 atom stereocenters. The van der Waals surface area contributed by atoms with E-state index in [-0.39, 0.29) is 0 Å². The fourth-order valence-electron chi connectivity index (χ4n) is 1.18. The smallest absolute Gasteiger partial charge is 0.416 e. The van der Waals surface area contributed by atoms with Crippen molar-refractivity contribution in [2.45, 2.75) is 26.9 Å². The van der Waals surface area contributed by atoms with E-state index in [1.807, 2.05) is 0 Å². The summed E-state index contributed by atoms with van der Waals surface area (Å²) in [7, 11) is -5.76. The van der Waals surface area contributed by atoms with Crippen LogP contribution in [0.15, 0.2) is 24.6 Å². The number of carbonyl (C=O) groups excluding carboxylic acids is 2. The Balaban J connectivity index is 4.94. The zero-order valence-electron chi connectivity index (χ0n) is 10.6. The van der Waals surface area contributed by atoms with Crippen molar-refractivity contribution in [3.05, 3.63) is 24.6 Å². The molecule has 0 radical (unpaired) electrons. The minimum Gasteiger partial charge on any atom is -0.492 e. The van der Waals surface area contributed by atoms with Gasteiger partial charge < -0.3 is 13.0 Å². The number of carbonyl (C=O) groups is 2. The van der Waals surface area contributed by atoms with Gasteiger partial charge in [-0.3, -0.25) is 9.59 Å². The highest BCUT2D eigenvalue weighted by molar-refractivity contribution is 6.86. The molecule has 0 rings (SSSR count). The van der Waals surface area contributed by atoms with Crippen LogP contribution in [0.4, 0.5) is 0 Å². The van der Waals surface area contributed by atoms with Gasteiger partial charge in [-0.1, -0.05) is 0 Å². The molecule has 0 N–H and O–H groups in total. The summed E-state index contributed by atoms with van der Waals surface area (Å²) in [6, 6.07) is 0. The Morgan fingerprint density at radius 3 is 1.41 bits per heavy atom. The van der Waals surface area contributed by atoms with Gasteiger partial charge in [-0.2, -0.15) is 0 Å². The summed E-state index contributed by atoms with van der Waals surface area (Å²) in [6.07, 6.45) is 0. The predicted octanol–water partition coefficient (Wildman–Crippen LogP) is 1.72. The SMILES string of the molecule is C=C[Si](C)(OC(C)=O)O[Si](C)(C=C)OC(C)=O. The normalized spacial score (nSPS) is 17.2. The molecule has 0 aliphatic carbocycles. The van der Waals surface area contributed by atoms with E-state index in [2.05, 4.69) is 13.2 Å². The first kappa shape index (κ1) is 15.8. The van der Waals surface area contributed by atoms with Gasteiger partial charge in [0.05, 0.1) is 0 Å². The molecule has 0 amide bonds. The Labute approximate surface area is 104 Å². The Bertz CT molecular complexity index is 312. The number of hydrogen-bond acceptors (Lipinski definition) is 5. The number of rotatable bonds is 6. The minimum absolute atomic E-state index is 0.456. The molecule has 0 aromatic heterocycles. The highest BCUT2D eigenvalue weighted by atomic mass is 28.5. The van der Waals surface area contributed by atoms with Crippen LogP contribution in [0.25, 0.3) is 0 Å². The molecular formula is C10H18O5Si2. The van der Waals surface area contributed by atoms with Crippen LogP contribution in [-0.4, -0.2) is 29.1 Å². The van der Waals surface area contributed by atoms with Crippen LogP contribution in [0.1, 0.15) is 13.8 Å². The Morgan fingerprint density at radius 1 is 0.941 bits per heavy atom. The van der Waals surface area contributed by atoms with E-state index in [1.54, 1.807) is 13.1 Å². The van der Waals surface area contributed by atoms with Crippen molar-refractivity contribution in [3.8, 4) is 0 Å². The topological polar surface area (TPSA) is 61.8 Å². The van der Waals surface area contributed by atoms with E-state index in [0.717, 1.165) is 0 Å². The summed E-state index contributed by atoms with van der Waals surface area (Å²) < 4.78 is 15.9. The van der Waals surface area contributed by atoms with Crippen LogP contribution >= 0.6 is 0 Å². The first-order valence-corrected chi connectivity index (χ1v) is 9.81. The van der Waals surface area contributed by atoms with Gasteiger partial charge in [-0.05, 0) is 24.5 Å². The van der Waals surface area contributed by atoms with Crippen molar-refractivity contribution in [2.24, 2.45) is 0 Å². The summed E-state index contributed by atoms with van der Waals surface area (Å²) in [5.74, 6) is -0.912. The lowest BCUT2D eigenvalue weighted by Crippen LogP contribution is -2.51. The molecule has 0 aliphatic heterocycles. The maximum atomic E-state index is 11.0. The predicted molar refractivity (Wildman–Crippen MR) is 68.2 cm³/mol. The molecule has 0 fully saturated rings. The molecule has 0 aromatic rings. The first-order chi connectivity index (χ1) is 7.66. The van der Waals surface area contributed by atoms with Gasteiger partial charge in [-0.15, -0.1) is 13.2 Å². The zero-order valence-corrected chi connectivity index (χ0v) is 12.6. The summed E-state index contributed by atoms with van der Waals surface area (Å²) >= 11 is 0. The average molecular weight is 274 g/mol. The molecule has 5 nitrogen and oxygen atoms in total. The fourth-order valence-corrected chi connectivity index (χ4v) is 6.71. The standard InChI is InChI=1S/C10H18O5Si2/c1-7-16(5,13-9(3)11)15-17(6,8-2)14-10(4)12/h7-8H,1-2H2,3-6H3. The van der Waals surface area contributed by atoms with E-state index in [4.69, 9.17) is 13.0 Å². The largest absolute Gasteiger partial charge is 0.492 e. The van der Waals surface area contributed by atoms with E-state index in [1.165, 1.54) is 25.2 Å². The second-order valence-electron chi connectivity index (χ2n) is 3.73. The molecule has 7 heteroatoms. The van der Waals surface area contributed by atoms with E-state index in [9.17, 15) is 9.59 Å². The zero-order chi connectivity index (χ0) is 13.7. The van der Waals surface area contributed by atoms with Crippen molar-refractivity contribution in [2.75, 3.05) is 0 Å². The molecule has 96 valence electrons. The molecule has 0 heterocycles. The van der Waals surface area contributed by atoms with Crippen LogP contribution in [0.3, 0.4) is 0 Å². The molecule has 2 unspecified atom stereocenters. The Hall–Kier alpha value is -1.19. The molecule has 17 heavy (non-hydrogen) atoms. The van der Waals surface area contributed by atoms with Gasteiger partial charge in [0.15, 0.2) is 0 Å². The lowest BCUT2D eigenvalue weighted by atomic mass is 10.9. The van der Waals surface area contributed by atoms with E-state index < -0.39 is 29.1 Å². The van der Waals surface area contributed by atoms with Crippen LogP contribution < -0.4 is 0 Å². The van der Waals surface area contributed by atoms with Gasteiger partial charge in [0.25, 0.3) is 11.9 Å². The molecule has 0 saturated heterocycles. The second kappa shape index (κ2) is 5.94. The summed E-state index contributed by atoms with van der Waals surface area (Å²) in [6.45, 7) is 13.1. The van der Waals surface area contributed by atoms with Gasteiger partial charge >= 0.3 is 17.1 Å². The van der Waals surface area contributed by atoms with Crippen LogP contribution in [0.2, 0.25) is 13.1 Å². The van der Waals surface area contributed by atoms with Gasteiger partial charge in [0.2, 0.25) is 0 Å². The Morgan fingerprint density at radius 2 is 1.24 bits per heavy atom. The summed E-state index contributed by atoms with van der Waals surface area (Å²) in [4.78, 5) is 22.0. The Kier molecular flexibility index (Phi) is 5.53. The fraction of sp³-hybridized carbons (Fsp3) is 0.400. The highest BCUT2D eigenvalue weighted by Gasteiger charge is 2.43. The minimum atomic E-state index is -2.88. The third-order valence-corrected chi connectivity index (χ3v) is 7.95. The van der Waals surface area contributed by atoms with Crippen LogP contribution in [0, 0.1) is 0 Å². The van der Waals surface area contributed by atoms with E-state index >= 15 is 0 Å². The van der Waals surface area contributed by atoms with Crippen LogP contribution in [-0.2, 0) is 22.6 Å². The molecule has 0 bridgehead atoms. The van der Waals surface area contributed by atoms with Crippen molar-refractivity contribution in [1.29, 1.82) is 0 Å². The molecule has 0 spiro atoms. The van der Waals surface area contributed by atoms with Gasteiger partial charge in [0.1, 0.15) is 0 Å². The monoisotopic (exact) mass is 274 g/mol. The maximum absolute atomic E-state index is 11.0. The second-order valence-corrected chi connectivity index (χ2v) is 9.83. The molecular weight excluding hydrogens is 256 g/mol. The van der Waals surface area contributed by atoms with E-state index in [0.29, 0.717) is 0 Å². The maximum Gasteiger partial charge on any atom is 0.416 e. The van der Waals surface area contributed by atoms with Crippen molar-refractivity contribution in [1.82, 2.24) is 0 Å². The van der Waals surface area contributed by atoms with Crippen molar-refractivity contribution < 1.29 is 22.6 Å². The summed E-state index contributed by atoms with van der Waals surface area (Å²) in [5.41, 5.74) is 2.93. The molecule has 0 saturated carbocycles. The lowest BCUT2D eigenvalue weighted by molar-refractivity contribution is -0.133. The molecule has 0 aromatic carbocycles.